The van der Waals surface area contributed by atoms with Gasteiger partial charge in [0.2, 0.25) is 9.05 Å². The molecule has 1 atom stereocenters. The molecule has 1 unspecified atom stereocenters. The van der Waals surface area contributed by atoms with E-state index in [1.807, 2.05) is 5.32 Å². The van der Waals surface area contributed by atoms with E-state index in [1.54, 1.807) is 6.92 Å². The van der Waals surface area contributed by atoms with Gasteiger partial charge in [-0.15, -0.1) is 0 Å². The van der Waals surface area contributed by atoms with Gasteiger partial charge in [0.15, 0.2) is 0 Å². The minimum Gasteiger partial charge on any atom is -0.322 e. The van der Waals surface area contributed by atoms with E-state index in [0.717, 1.165) is 0 Å². The molecule has 80 valence electrons. The number of hydrogen-bond donors (Lipinski definition) is 2. The van der Waals surface area contributed by atoms with Gasteiger partial charge in [-0.25, -0.2) is 13.2 Å². The quantitative estimate of drug-likeness (QED) is 0.516. The molecule has 0 aliphatic carbocycles. The lowest BCUT2D eigenvalue weighted by molar-refractivity contribution is -0.123. The number of urea groups is 1. The van der Waals surface area contributed by atoms with Crippen molar-refractivity contribution in [1.82, 2.24) is 10.6 Å². The van der Waals surface area contributed by atoms with Crippen molar-refractivity contribution in [2.24, 2.45) is 0 Å². The summed E-state index contributed by atoms with van der Waals surface area (Å²) in [5.74, 6) is -1.26. The van der Waals surface area contributed by atoms with E-state index in [2.05, 4.69) is 5.32 Å². The van der Waals surface area contributed by atoms with Crippen molar-refractivity contribution in [2.45, 2.75) is 18.9 Å². The monoisotopic (exact) mass is 240 g/mol. The molecule has 0 aromatic carbocycles. The topological polar surface area (TPSA) is 92.3 Å². The number of imide groups is 1. The van der Waals surface area contributed by atoms with Crippen LogP contribution < -0.4 is 10.6 Å². The van der Waals surface area contributed by atoms with Crippen molar-refractivity contribution >= 4 is 31.7 Å². The average Bonchev–Trinajstić information content (AvgIpc) is 2.24. The Labute approximate surface area is 85.4 Å². The van der Waals surface area contributed by atoms with E-state index in [1.165, 1.54) is 0 Å². The number of hydrogen-bond acceptors (Lipinski definition) is 4. The van der Waals surface area contributed by atoms with Crippen LogP contribution in [0.25, 0.3) is 0 Å². The molecule has 0 spiro atoms. The van der Waals surface area contributed by atoms with Gasteiger partial charge in [-0.3, -0.25) is 10.1 Å². The maximum atomic E-state index is 11.3. The number of amides is 3. The minimum atomic E-state index is -3.84. The molecule has 1 saturated heterocycles. The number of carbonyl (C=O) groups excluding carboxylic acids is 2. The molecular formula is C6H9ClN2O4S. The van der Waals surface area contributed by atoms with Gasteiger partial charge in [-0.2, -0.15) is 0 Å². The Morgan fingerprint density at radius 1 is 1.43 bits per heavy atom. The normalized spacial score (nSPS) is 27.3. The SMILES string of the molecule is CCC1(CS(=O)(=O)Cl)NC(=O)NC1=O. The molecule has 1 fully saturated rings. The van der Waals surface area contributed by atoms with Gasteiger partial charge in [0.25, 0.3) is 5.91 Å². The first-order valence-electron chi connectivity index (χ1n) is 3.85. The van der Waals surface area contributed by atoms with E-state index in [0.29, 0.717) is 0 Å². The van der Waals surface area contributed by atoms with Crippen LogP contribution in [0.5, 0.6) is 0 Å². The third kappa shape index (κ3) is 2.16. The molecule has 0 aromatic heterocycles. The molecule has 1 rings (SSSR count). The van der Waals surface area contributed by atoms with Crippen molar-refractivity contribution < 1.29 is 18.0 Å². The fraction of sp³-hybridized carbons (Fsp3) is 0.667. The van der Waals surface area contributed by atoms with Gasteiger partial charge >= 0.3 is 6.03 Å². The van der Waals surface area contributed by atoms with Gasteiger partial charge in [0.1, 0.15) is 5.54 Å². The van der Waals surface area contributed by atoms with E-state index < -0.39 is 32.3 Å². The molecule has 1 heterocycles. The fourth-order valence-corrected chi connectivity index (χ4v) is 2.83. The van der Waals surface area contributed by atoms with Gasteiger partial charge in [0.05, 0.1) is 5.75 Å². The first kappa shape index (κ1) is 11.3. The van der Waals surface area contributed by atoms with Gasteiger partial charge in [0, 0.05) is 10.7 Å². The largest absolute Gasteiger partial charge is 0.322 e. The fourth-order valence-electron chi connectivity index (χ4n) is 1.28. The second-order valence-electron chi connectivity index (χ2n) is 3.03. The zero-order chi connectivity index (χ0) is 11.0. The molecule has 0 radical (unpaired) electrons. The summed E-state index contributed by atoms with van der Waals surface area (Å²) in [5.41, 5.74) is -1.42. The molecule has 1 aliphatic rings. The number of nitrogens with one attached hydrogen (secondary N) is 2. The Morgan fingerprint density at radius 3 is 2.29 bits per heavy atom. The molecule has 2 N–H and O–H groups in total. The molecule has 1 aliphatic heterocycles. The van der Waals surface area contributed by atoms with Crippen LogP contribution in [0.2, 0.25) is 0 Å². The summed E-state index contributed by atoms with van der Waals surface area (Å²) < 4.78 is 21.7. The molecule has 6 nitrogen and oxygen atoms in total. The summed E-state index contributed by atoms with van der Waals surface area (Å²) in [4.78, 5) is 22.1. The highest BCUT2D eigenvalue weighted by Gasteiger charge is 2.47. The van der Waals surface area contributed by atoms with Crippen molar-refractivity contribution in [1.29, 1.82) is 0 Å². The summed E-state index contributed by atoms with van der Waals surface area (Å²) in [6.07, 6.45) is 0.163. The van der Waals surface area contributed by atoms with Crippen LogP contribution in [0, 0.1) is 0 Å². The first-order chi connectivity index (χ1) is 6.29. The Kier molecular flexibility index (Phi) is 2.73. The van der Waals surface area contributed by atoms with E-state index in [4.69, 9.17) is 10.7 Å². The molecule has 0 bridgehead atoms. The van der Waals surface area contributed by atoms with Gasteiger partial charge in [-0.05, 0) is 6.42 Å². The Hall–Kier alpha value is -0.820. The standard InChI is InChI=1S/C6H9ClN2O4S/c1-2-6(3-14(7,12)13)4(10)8-5(11)9-6/h2-3H2,1H3,(H2,8,9,10,11). The minimum absolute atomic E-state index is 0.163. The van der Waals surface area contributed by atoms with Crippen molar-refractivity contribution in [3.8, 4) is 0 Å². The van der Waals surface area contributed by atoms with Gasteiger partial charge < -0.3 is 5.32 Å². The maximum Gasteiger partial charge on any atom is 0.322 e. The van der Waals surface area contributed by atoms with Crippen LogP contribution in [0.4, 0.5) is 4.79 Å². The third-order valence-electron chi connectivity index (χ3n) is 2.04. The summed E-state index contributed by atoms with van der Waals surface area (Å²) >= 11 is 0. The highest BCUT2D eigenvalue weighted by Crippen LogP contribution is 2.19. The first-order valence-corrected chi connectivity index (χ1v) is 6.33. The number of rotatable bonds is 3. The maximum absolute atomic E-state index is 11.3. The van der Waals surface area contributed by atoms with Crippen LogP contribution in [-0.4, -0.2) is 31.6 Å². The molecule has 14 heavy (non-hydrogen) atoms. The predicted octanol–water partition coefficient (Wildman–Crippen LogP) is -0.457. The van der Waals surface area contributed by atoms with Crippen molar-refractivity contribution in [2.75, 3.05) is 5.75 Å². The molecular weight excluding hydrogens is 232 g/mol. The van der Waals surface area contributed by atoms with Crippen molar-refractivity contribution in [3.63, 3.8) is 0 Å². The average molecular weight is 241 g/mol. The van der Waals surface area contributed by atoms with Gasteiger partial charge in [-0.1, -0.05) is 6.92 Å². The zero-order valence-corrected chi connectivity index (χ0v) is 8.91. The Morgan fingerprint density at radius 2 is 2.00 bits per heavy atom. The lowest BCUT2D eigenvalue weighted by Crippen LogP contribution is -2.51. The molecule has 8 heteroatoms. The predicted molar refractivity (Wildman–Crippen MR) is 49.3 cm³/mol. The number of halogens is 1. The Balaban J connectivity index is 2.99. The van der Waals surface area contributed by atoms with E-state index in [-0.39, 0.29) is 6.42 Å². The summed E-state index contributed by atoms with van der Waals surface area (Å²) in [5, 5.41) is 4.23. The van der Waals surface area contributed by atoms with Crippen molar-refractivity contribution in [3.05, 3.63) is 0 Å². The van der Waals surface area contributed by atoms with Crippen LogP contribution in [0.15, 0.2) is 0 Å². The Bertz CT molecular complexity index is 379. The summed E-state index contributed by atoms with van der Waals surface area (Å²) in [7, 11) is 1.20. The molecule has 0 saturated carbocycles. The molecule has 3 amide bonds. The van der Waals surface area contributed by atoms with Crippen LogP contribution in [-0.2, 0) is 13.8 Å². The number of carbonyl (C=O) groups is 2. The van der Waals surface area contributed by atoms with Crippen LogP contribution in [0.1, 0.15) is 13.3 Å². The van der Waals surface area contributed by atoms with E-state index >= 15 is 0 Å². The molecule has 0 aromatic rings. The highest BCUT2D eigenvalue weighted by molar-refractivity contribution is 8.13. The summed E-state index contributed by atoms with van der Waals surface area (Å²) in [6, 6.07) is -0.697. The smallest absolute Gasteiger partial charge is 0.322 e. The summed E-state index contributed by atoms with van der Waals surface area (Å²) in [6.45, 7) is 1.59. The van der Waals surface area contributed by atoms with Crippen LogP contribution >= 0.6 is 10.7 Å². The highest BCUT2D eigenvalue weighted by atomic mass is 35.7. The van der Waals surface area contributed by atoms with Crippen LogP contribution in [0.3, 0.4) is 0 Å². The second-order valence-corrected chi connectivity index (χ2v) is 5.80. The second kappa shape index (κ2) is 3.39. The lowest BCUT2D eigenvalue weighted by Gasteiger charge is -2.21. The zero-order valence-electron chi connectivity index (χ0n) is 7.33. The van der Waals surface area contributed by atoms with E-state index in [9.17, 15) is 18.0 Å². The third-order valence-corrected chi connectivity index (χ3v) is 3.20. The lowest BCUT2D eigenvalue weighted by atomic mass is 10.00.